The number of rotatable bonds is 2. The molecule has 0 spiro atoms. The van der Waals surface area contributed by atoms with Crippen LogP contribution in [0.15, 0.2) is 33.7 Å². The lowest BCUT2D eigenvalue weighted by Gasteiger charge is -1.95. The third kappa shape index (κ3) is 1.76. The Labute approximate surface area is 107 Å². The molecule has 0 saturated heterocycles. The molecule has 5 nitrogen and oxygen atoms in total. The maximum absolute atomic E-state index is 9.67. The summed E-state index contributed by atoms with van der Waals surface area (Å²) in [4.78, 5) is 8.09. The van der Waals surface area contributed by atoms with E-state index in [4.69, 9.17) is 4.52 Å². The van der Waals surface area contributed by atoms with Gasteiger partial charge in [0, 0.05) is 17.1 Å². The lowest BCUT2D eigenvalue weighted by molar-refractivity contribution is 0.425. The highest BCUT2D eigenvalue weighted by Gasteiger charge is 2.15. The molecule has 3 aromatic heterocycles. The van der Waals surface area contributed by atoms with Gasteiger partial charge in [0.25, 0.3) is 5.89 Å². The molecule has 6 heteroatoms. The molecule has 90 valence electrons. The molecule has 3 heterocycles. The number of thiophene rings is 1. The Morgan fingerprint density at radius 3 is 2.89 bits per heavy atom. The minimum atomic E-state index is 0.0229. The van der Waals surface area contributed by atoms with E-state index in [9.17, 15) is 5.11 Å². The molecule has 0 fully saturated rings. The van der Waals surface area contributed by atoms with Crippen molar-refractivity contribution in [2.75, 3.05) is 0 Å². The zero-order valence-corrected chi connectivity index (χ0v) is 10.3. The molecule has 0 aliphatic rings. The summed E-state index contributed by atoms with van der Waals surface area (Å²) in [6, 6.07) is 1.63. The molecule has 3 aromatic rings. The first-order valence-electron chi connectivity index (χ1n) is 5.26. The van der Waals surface area contributed by atoms with E-state index >= 15 is 0 Å². The second-order valence-electron chi connectivity index (χ2n) is 3.78. The molecular weight excluding hydrogens is 250 g/mol. The van der Waals surface area contributed by atoms with Crippen molar-refractivity contribution in [2.45, 2.75) is 6.92 Å². The van der Waals surface area contributed by atoms with Gasteiger partial charge in [0.15, 0.2) is 0 Å². The van der Waals surface area contributed by atoms with E-state index in [0.29, 0.717) is 11.4 Å². The van der Waals surface area contributed by atoms with Gasteiger partial charge in [-0.05, 0) is 23.9 Å². The maximum Gasteiger partial charge on any atom is 0.262 e. The summed E-state index contributed by atoms with van der Waals surface area (Å²) in [5, 5.41) is 17.6. The zero-order chi connectivity index (χ0) is 12.5. The summed E-state index contributed by atoms with van der Waals surface area (Å²) >= 11 is 1.59. The van der Waals surface area contributed by atoms with Crippen LogP contribution >= 0.6 is 11.3 Å². The molecule has 0 aromatic carbocycles. The van der Waals surface area contributed by atoms with Gasteiger partial charge in [-0.3, -0.25) is 4.98 Å². The average Bonchev–Trinajstić information content (AvgIpc) is 2.98. The first-order chi connectivity index (χ1) is 8.75. The Morgan fingerprint density at radius 2 is 2.17 bits per heavy atom. The van der Waals surface area contributed by atoms with Crippen LogP contribution in [0.1, 0.15) is 5.56 Å². The van der Waals surface area contributed by atoms with Gasteiger partial charge in [-0.1, -0.05) is 5.16 Å². The van der Waals surface area contributed by atoms with Gasteiger partial charge in [-0.2, -0.15) is 16.3 Å². The fraction of sp³-hybridized carbons (Fsp3) is 0.0833. The summed E-state index contributed by atoms with van der Waals surface area (Å²) in [6.45, 7) is 1.99. The van der Waals surface area contributed by atoms with Gasteiger partial charge in [0.1, 0.15) is 5.75 Å². The third-order valence-corrected chi connectivity index (χ3v) is 3.41. The van der Waals surface area contributed by atoms with E-state index < -0.39 is 0 Å². The second kappa shape index (κ2) is 4.23. The van der Waals surface area contributed by atoms with Gasteiger partial charge >= 0.3 is 0 Å². The van der Waals surface area contributed by atoms with Crippen molar-refractivity contribution in [3.05, 3.63) is 34.8 Å². The van der Waals surface area contributed by atoms with Gasteiger partial charge < -0.3 is 9.63 Å². The van der Waals surface area contributed by atoms with Gasteiger partial charge in [-0.25, -0.2) is 0 Å². The van der Waals surface area contributed by atoms with Crippen LogP contribution in [0.5, 0.6) is 5.75 Å². The summed E-state index contributed by atoms with van der Waals surface area (Å²) in [7, 11) is 0. The average molecular weight is 259 g/mol. The highest BCUT2D eigenvalue weighted by molar-refractivity contribution is 7.08. The highest BCUT2D eigenvalue weighted by atomic mass is 32.1. The fourth-order valence-electron chi connectivity index (χ4n) is 1.60. The van der Waals surface area contributed by atoms with Crippen molar-refractivity contribution < 1.29 is 9.63 Å². The van der Waals surface area contributed by atoms with Gasteiger partial charge in [0.05, 0.1) is 11.8 Å². The lowest BCUT2D eigenvalue weighted by Crippen LogP contribution is -1.82. The van der Waals surface area contributed by atoms with Crippen molar-refractivity contribution in [3.63, 3.8) is 0 Å². The van der Waals surface area contributed by atoms with Crippen LogP contribution in [-0.4, -0.2) is 20.2 Å². The Hall–Kier alpha value is -2.21. The van der Waals surface area contributed by atoms with Crippen molar-refractivity contribution >= 4 is 11.3 Å². The lowest BCUT2D eigenvalue weighted by atomic mass is 10.2. The molecule has 0 amide bonds. The topological polar surface area (TPSA) is 72.0 Å². The summed E-state index contributed by atoms with van der Waals surface area (Å²) in [6.07, 6.45) is 2.91. The van der Waals surface area contributed by atoms with Gasteiger partial charge in [-0.15, -0.1) is 0 Å². The number of aryl methyl sites for hydroxylation is 1. The van der Waals surface area contributed by atoms with Crippen LogP contribution in [0.3, 0.4) is 0 Å². The van der Waals surface area contributed by atoms with Crippen LogP contribution in [0.2, 0.25) is 0 Å². The molecule has 0 aliphatic heterocycles. The van der Waals surface area contributed by atoms with E-state index in [2.05, 4.69) is 15.1 Å². The van der Waals surface area contributed by atoms with Crippen molar-refractivity contribution in [2.24, 2.45) is 0 Å². The minimum absolute atomic E-state index is 0.0229. The minimum Gasteiger partial charge on any atom is -0.505 e. The third-order valence-electron chi connectivity index (χ3n) is 2.55. The summed E-state index contributed by atoms with van der Waals surface area (Å²) in [5.41, 5.74) is 2.53. The number of hydrogen-bond donors (Lipinski definition) is 1. The molecule has 0 radical (unpaired) electrons. The fourth-order valence-corrected chi connectivity index (χ4v) is 2.43. The molecule has 0 bridgehead atoms. The Balaban J connectivity index is 2.05. The second-order valence-corrected chi connectivity index (χ2v) is 4.53. The van der Waals surface area contributed by atoms with Crippen LogP contribution in [0.25, 0.3) is 22.8 Å². The first-order valence-corrected chi connectivity index (χ1v) is 6.20. The van der Waals surface area contributed by atoms with Crippen LogP contribution < -0.4 is 0 Å². The molecule has 3 rings (SSSR count). The predicted octanol–water partition coefficient (Wildman–Crippen LogP) is 2.87. The summed E-state index contributed by atoms with van der Waals surface area (Å²) in [5.74, 6) is 0.838. The molecule has 0 atom stereocenters. The molecule has 1 N–H and O–H groups in total. The van der Waals surface area contributed by atoms with Crippen LogP contribution in [0.4, 0.5) is 0 Å². The standard InChI is InChI=1S/C12H9N3O2S/c1-7-5-18-6-9(7)11-14-12(17-15-11)8-2-3-13-4-10(8)16/h2-6,16H,1H3. The first kappa shape index (κ1) is 10.9. The van der Waals surface area contributed by atoms with Crippen LogP contribution in [0, 0.1) is 6.92 Å². The molecule has 18 heavy (non-hydrogen) atoms. The van der Waals surface area contributed by atoms with E-state index in [0.717, 1.165) is 11.1 Å². The monoisotopic (exact) mass is 259 g/mol. The predicted molar refractivity (Wildman–Crippen MR) is 67.2 cm³/mol. The zero-order valence-electron chi connectivity index (χ0n) is 9.49. The van der Waals surface area contributed by atoms with E-state index in [1.807, 2.05) is 17.7 Å². The molecule has 0 aliphatic carbocycles. The smallest absolute Gasteiger partial charge is 0.262 e. The van der Waals surface area contributed by atoms with Crippen LogP contribution in [-0.2, 0) is 0 Å². The molecular formula is C12H9N3O2S. The number of nitrogens with zero attached hydrogens (tertiary/aromatic N) is 3. The summed E-state index contributed by atoms with van der Waals surface area (Å²) < 4.78 is 5.17. The Kier molecular flexibility index (Phi) is 2.56. The number of pyridine rings is 1. The van der Waals surface area contributed by atoms with E-state index in [1.54, 1.807) is 23.6 Å². The van der Waals surface area contributed by atoms with Crippen molar-refractivity contribution in [3.8, 4) is 28.6 Å². The SMILES string of the molecule is Cc1cscc1-c1noc(-c2ccncc2O)n1. The van der Waals surface area contributed by atoms with Crippen molar-refractivity contribution in [1.82, 2.24) is 15.1 Å². The largest absolute Gasteiger partial charge is 0.505 e. The normalized spacial score (nSPS) is 10.7. The van der Waals surface area contributed by atoms with E-state index in [1.165, 1.54) is 6.20 Å². The Morgan fingerprint density at radius 1 is 1.28 bits per heavy atom. The number of hydrogen-bond acceptors (Lipinski definition) is 6. The molecule has 0 saturated carbocycles. The highest BCUT2D eigenvalue weighted by Crippen LogP contribution is 2.30. The quantitative estimate of drug-likeness (QED) is 0.766. The maximum atomic E-state index is 9.67. The number of aromatic nitrogens is 3. The number of aromatic hydroxyl groups is 1. The van der Waals surface area contributed by atoms with Gasteiger partial charge in [0.2, 0.25) is 5.82 Å². The molecule has 0 unspecified atom stereocenters. The van der Waals surface area contributed by atoms with Crippen molar-refractivity contribution in [1.29, 1.82) is 0 Å². The van der Waals surface area contributed by atoms with E-state index in [-0.39, 0.29) is 11.6 Å². The Bertz CT molecular complexity index is 690.